The van der Waals surface area contributed by atoms with E-state index in [9.17, 15) is 18.1 Å². The molecule has 1 N–H and O–H groups in total. The first-order valence-corrected chi connectivity index (χ1v) is 10.5. The topological polar surface area (TPSA) is 77.4 Å². The monoisotopic (exact) mass is 374 g/mol. The summed E-state index contributed by atoms with van der Waals surface area (Å²) in [5.74, 6) is 0. The normalized spacial score (nSPS) is 14.3. The van der Waals surface area contributed by atoms with Crippen molar-refractivity contribution in [1.29, 1.82) is 0 Å². The third-order valence-corrected chi connectivity index (χ3v) is 5.59. The number of rotatable bonds is 15. The van der Waals surface area contributed by atoms with Gasteiger partial charge in [0.25, 0.3) is 0 Å². The van der Waals surface area contributed by atoms with Crippen LogP contribution in [0.25, 0.3) is 0 Å². The van der Waals surface area contributed by atoms with Gasteiger partial charge in [-0.25, -0.2) is 8.42 Å². The van der Waals surface area contributed by atoms with Crippen molar-refractivity contribution in [3.63, 3.8) is 0 Å². The third-order valence-electron chi connectivity index (χ3n) is 4.30. The summed E-state index contributed by atoms with van der Waals surface area (Å²) in [6.07, 6.45) is 12.3. The Morgan fingerprint density at radius 3 is 1.65 bits per heavy atom. The van der Waals surface area contributed by atoms with Gasteiger partial charge in [-0.3, -0.25) is 0 Å². The Morgan fingerprint density at radius 1 is 0.826 bits per heavy atom. The molecule has 0 aliphatic heterocycles. The van der Waals surface area contributed by atoms with E-state index in [0.717, 1.165) is 44.9 Å². The zero-order valence-corrected chi connectivity index (χ0v) is 19.4. The molecule has 0 radical (unpaired) electrons. The average molecular weight is 375 g/mol. The van der Waals surface area contributed by atoms with Crippen molar-refractivity contribution >= 4 is 10.1 Å². The molecule has 0 saturated carbocycles. The van der Waals surface area contributed by atoms with Crippen LogP contribution in [0, 0.1) is 0 Å². The van der Waals surface area contributed by atoms with Crippen LogP contribution in [0.15, 0.2) is 0 Å². The van der Waals surface area contributed by atoms with Crippen LogP contribution in [0.1, 0.15) is 97.3 Å². The minimum atomic E-state index is -4.11. The standard InChI is InChI=1S/C17H36O4S.K/c1-3-13-17(22(19,20)21)15-12-10-8-6-5-7-9-11-14-16(18)4-2;/h16-18H,3-15H2,1-2H3,(H,19,20,21);/q;+1/p-1. The van der Waals surface area contributed by atoms with Crippen LogP contribution in [-0.4, -0.2) is 29.4 Å². The second kappa shape index (κ2) is 16.9. The Labute approximate surface area is 186 Å². The van der Waals surface area contributed by atoms with E-state index in [1.165, 1.54) is 25.7 Å². The summed E-state index contributed by atoms with van der Waals surface area (Å²) in [6, 6.07) is 0. The molecule has 0 rings (SSSR count). The van der Waals surface area contributed by atoms with Crippen molar-refractivity contribution in [1.82, 2.24) is 0 Å². The van der Waals surface area contributed by atoms with Crippen LogP contribution >= 0.6 is 0 Å². The van der Waals surface area contributed by atoms with E-state index >= 15 is 0 Å². The molecule has 0 aromatic carbocycles. The first-order valence-electron chi connectivity index (χ1n) is 9.04. The fourth-order valence-corrected chi connectivity index (χ4v) is 3.75. The van der Waals surface area contributed by atoms with Gasteiger partial charge >= 0.3 is 51.4 Å². The Morgan fingerprint density at radius 2 is 1.26 bits per heavy atom. The second-order valence-electron chi connectivity index (χ2n) is 6.37. The molecule has 0 spiro atoms. The summed E-state index contributed by atoms with van der Waals surface area (Å²) in [6.45, 7) is 3.92. The third kappa shape index (κ3) is 16.7. The molecule has 4 nitrogen and oxygen atoms in total. The van der Waals surface area contributed by atoms with Gasteiger partial charge in [0.1, 0.15) is 0 Å². The van der Waals surface area contributed by atoms with E-state index in [-0.39, 0.29) is 57.5 Å². The summed E-state index contributed by atoms with van der Waals surface area (Å²) in [4.78, 5) is 0. The number of aliphatic hydroxyl groups excluding tert-OH is 1. The summed E-state index contributed by atoms with van der Waals surface area (Å²) in [7, 11) is -4.11. The van der Waals surface area contributed by atoms with Gasteiger partial charge in [-0.2, -0.15) is 0 Å². The quantitative estimate of drug-likeness (QED) is 0.267. The van der Waals surface area contributed by atoms with Crippen LogP contribution in [0.3, 0.4) is 0 Å². The van der Waals surface area contributed by atoms with E-state index in [0.29, 0.717) is 12.8 Å². The van der Waals surface area contributed by atoms with Crippen molar-refractivity contribution in [3.05, 3.63) is 0 Å². The zero-order chi connectivity index (χ0) is 16.8. The van der Waals surface area contributed by atoms with E-state index in [1.807, 2.05) is 13.8 Å². The van der Waals surface area contributed by atoms with Crippen molar-refractivity contribution in [2.24, 2.45) is 0 Å². The SMILES string of the molecule is CCCC(CCCCCCCCCCC(O)CC)S(=O)(=O)[O-].[K+]. The summed E-state index contributed by atoms with van der Waals surface area (Å²) < 4.78 is 33.3. The van der Waals surface area contributed by atoms with Crippen molar-refractivity contribution < 1.29 is 69.5 Å². The first-order chi connectivity index (χ1) is 10.4. The maximum Gasteiger partial charge on any atom is 1.00 e. The maximum absolute atomic E-state index is 11.1. The van der Waals surface area contributed by atoms with Gasteiger partial charge in [0, 0.05) is 5.25 Å². The van der Waals surface area contributed by atoms with Gasteiger partial charge in [0.05, 0.1) is 16.2 Å². The molecule has 0 bridgehead atoms. The molecule has 0 heterocycles. The zero-order valence-electron chi connectivity index (χ0n) is 15.4. The van der Waals surface area contributed by atoms with Gasteiger partial charge in [0.2, 0.25) is 0 Å². The molecule has 0 aliphatic rings. The average Bonchev–Trinajstić information content (AvgIpc) is 2.46. The minimum Gasteiger partial charge on any atom is -0.748 e. The molecule has 0 fully saturated rings. The molecule has 0 amide bonds. The van der Waals surface area contributed by atoms with Crippen molar-refractivity contribution in [3.8, 4) is 0 Å². The van der Waals surface area contributed by atoms with Crippen molar-refractivity contribution in [2.75, 3.05) is 0 Å². The summed E-state index contributed by atoms with van der Waals surface area (Å²) in [5.41, 5.74) is 0. The largest absolute Gasteiger partial charge is 1.00 e. The molecular weight excluding hydrogens is 339 g/mol. The number of unbranched alkanes of at least 4 members (excludes halogenated alkanes) is 7. The number of aliphatic hydroxyl groups is 1. The molecule has 134 valence electrons. The second-order valence-corrected chi connectivity index (χ2v) is 8.02. The van der Waals surface area contributed by atoms with Gasteiger partial charge in [-0.1, -0.05) is 71.6 Å². The summed E-state index contributed by atoms with van der Waals surface area (Å²) in [5, 5.41) is 8.75. The van der Waals surface area contributed by atoms with Crippen molar-refractivity contribution in [2.45, 2.75) is 109 Å². The Hall–Kier alpha value is 1.51. The van der Waals surface area contributed by atoms with Gasteiger partial charge in [0.15, 0.2) is 0 Å². The molecule has 2 unspecified atom stereocenters. The molecule has 6 heteroatoms. The number of hydrogen-bond donors (Lipinski definition) is 1. The molecule has 0 aliphatic carbocycles. The van der Waals surface area contributed by atoms with Crippen LogP contribution in [0.5, 0.6) is 0 Å². The van der Waals surface area contributed by atoms with E-state index in [2.05, 4.69) is 0 Å². The maximum atomic E-state index is 11.1. The predicted molar refractivity (Wildman–Crippen MR) is 90.9 cm³/mol. The van der Waals surface area contributed by atoms with E-state index < -0.39 is 15.4 Å². The molecule has 2 atom stereocenters. The van der Waals surface area contributed by atoms with E-state index in [1.54, 1.807) is 0 Å². The Bertz CT molecular complexity index is 347. The molecule has 0 saturated heterocycles. The smallest absolute Gasteiger partial charge is 0.748 e. The predicted octanol–water partition coefficient (Wildman–Crippen LogP) is 1.38. The van der Waals surface area contributed by atoms with Crippen LogP contribution in [0.2, 0.25) is 0 Å². The van der Waals surface area contributed by atoms with E-state index in [4.69, 9.17) is 0 Å². The Kier molecular flexibility index (Phi) is 19.7. The van der Waals surface area contributed by atoms with Crippen LogP contribution in [0.4, 0.5) is 0 Å². The summed E-state index contributed by atoms with van der Waals surface area (Å²) >= 11 is 0. The Balaban J connectivity index is 0. The minimum absolute atomic E-state index is 0. The number of hydrogen-bond acceptors (Lipinski definition) is 4. The molecule has 0 aromatic rings. The fourth-order valence-electron chi connectivity index (χ4n) is 2.77. The van der Waals surface area contributed by atoms with Gasteiger partial charge in [-0.15, -0.1) is 0 Å². The molecule has 23 heavy (non-hydrogen) atoms. The van der Waals surface area contributed by atoms with Gasteiger partial charge < -0.3 is 9.66 Å². The molecular formula is C17H35KO4S. The van der Waals surface area contributed by atoms with Gasteiger partial charge in [-0.05, 0) is 25.7 Å². The van der Waals surface area contributed by atoms with Crippen LogP contribution < -0.4 is 51.4 Å². The molecule has 0 aromatic heterocycles. The van der Waals surface area contributed by atoms with Crippen LogP contribution in [-0.2, 0) is 10.1 Å². The first kappa shape index (κ1) is 26.7. The fraction of sp³-hybridized carbons (Fsp3) is 1.00.